The molecule has 0 saturated carbocycles. The molecule has 2 atom stereocenters. The zero-order chi connectivity index (χ0) is 16.0. The monoisotopic (exact) mass is 324 g/mol. The fourth-order valence-corrected chi connectivity index (χ4v) is 5.10. The van der Waals surface area contributed by atoms with Crippen molar-refractivity contribution in [1.29, 1.82) is 0 Å². The van der Waals surface area contributed by atoms with Crippen LogP contribution in [0.15, 0.2) is 52.3 Å². The maximum atomic E-state index is 2.55. The van der Waals surface area contributed by atoms with E-state index >= 15 is 0 Å². The van der Waals surface area contributed by atoms with Crippen molar-refractivity contribution in [2.24, 2.45) is 0 Å². The Kier molecular flexibility index (Phi) is 3.86. The lowest BCUT2D eigenvalue weighted by molar-refractivity contribution is 0.234. The fourth-order valence-electron chi connectivity index (χ4n) is 4.07. The van der Waals surface area contributed by atoms with Crippen LogP contribution in [0.4, 0.5) is 5.69 Å². The molecule has 2 aliphatic rings. The molecule has 0 aromatic heterocycles. The fraction of sp³-hybridized carbons (Fsp3) is 0.400. The van der Waals surface area contributed by atoms with E-state index in [2.05, 4.69) is 73.3 Å². The topological polar surface area (TPSA) is 6.48 Å². The number of rotatable bonds is 2. The second-order valence-corrected chi connectivity index (χ2v) is 8.06. The number of piperidine rings is 1. The third-order valence-electron chi connectivity index (χ3n) is 5.31. The van der Waals surface area contributed by atoms with E-state index < -0.39 is 0 Å². The van der Waals surface area contributed by atoms with E-state index in [0.29, 0.717) is 12.0 Å². The lowest BCUT2D eigenvalue weighted by Gasteiger charge is -2.35. The predicted molar refractivity (Wildman–Crippen MR) is 98.8 cm³/mol. The Morgan fingerprint density at radius 1 is 1.04 bits per heavy atom. The summed E-state index contributed by atoms with van der Waals surface area (Å²) in [7, 11) is 4.53. The van der Waals surface area contributed by atoms with E-state index in [0.717, 1.165) is 0 Å². The average molecular weight is 324 g/mol. The molecule has 2 aromatic rings. The lowest BCUT2D eigenvalue weighted by atomic mass is 9.89. The summed E-state index contributed by atoms with van der Waals surface area (Å²) in [6.07, 6.45) is 1.26. The number of likely N-dealkylation sites (N-methyl/N-ethyl adjacent to an activating group) is 2. The average Bonchev–Trinajstić information content (AvgIpc) is 2.83. The van der Waals surface area contributed by atoms with Crippen LogP contribution < -0.4 is 4.90 Å². The molecule has 4 rings (SSSR count). The van der Waals surface area contributed by atoms with Crippen molar-refractivity contribution < 1.29 is 0 Å². The summed E-state index contributed by atoms with van der Waals surface area (Å²) in [5.74, 6) is 0.660. The van der Waals surface area contributed by atoms with Crippen LogP contribution in [-0.4, -0.2) is 38.1 Å². The standard InChI is InChI=1S/C20H24N2S/c1-14-7-9-15(10-8-14)23-19-6-4-5-16-17-13-21(2)12-11-18(17)22(3)20(16)19/h4-10,17-18H,11-13H2,1-3H3/t17-,18-/m1/s1. The van der Waals surface area contributed by atoms with Crippen molar-refractivity contribution in [1.82, 2.24) is 4.90 Å². The van der Waals surface area contributed by atoms with Gasteiger partial charge in [0.2, 0.25) is 0 Å². The third kappa shape index (κ3) is 2.66. The van der Waals surface area contributed by atoms with E-state index in [1.54, 1.807) is 5.56 Å². The van der Waals surface area contributed by atoms with Gasteiger partial charge in [-0.3, -0.25) is 0 Å². The maximum Gasteiger partial charge on any atom is 0.0544 e. The molecule has 3 heteroatoms. The molecule has 0 spiro atoms. The van der Waals surface area contributed by atoms with Crippen LogP contribution in [0.1, 0.15) is 23.5 Å². The SMILES string of the molecule is Cc1ccc(Sc2cccc3c2N(C)[C@@H]2CCN(C)C[C@H]32)cc1. The minimum absolute atomic E-state index is 0.660. The predicted octanol–water partition coefficient (Wildman–Crippen LogP) is 4.38. The highest BCUT2D eigenvalue weighted by molar-refractivity contribution is 7.99. The van der Waals surface area contributed by atoms with Crippen LogP contribution in [-0.2, 0) is 0 Å². The van der Waals surface area contributed by atoms with Crippen LogP contribution in [0.5, 0.6) is 0 Å². The van der Waals surface area contributed by atoms with E-state index in [9.17, 15) is 0 Å². The Morgan fingerprint density at radius 3 is 2.61 bits per heavy atom. The van der Waals surface area contributed by atoms with Crippen LogP contribution >= 0.6 is 11.8 Å². The molecule has 2 heterocycles. The number of hydrogen-bond donors (Lipinski definition) is 0. The van der Waals surface area contributed by atoms with Crippen molar-refractivity contribution in [3.8, 4) is 0 Å². The molecular formula is C20H24N2S. The maximum absolute atomic E-state index is 2.55. The molecule has 120 valence electrons. The summed E-state index contributed by atoms with van der Waals surface area (Å²) in [4.78, 5) is 7.74. The van der Waals surface area contributed by atoms with Crippen molar-refractivity contribution in [3.05, 3.63) is 53.6 Å². The number of likely N-dealkylation sites (tertiary alicyclic amines) is 1. The molecule has 2 aromatic carbocycles. The van der Waals surface area contributed by atoms with Gasteiger partial charge >= 0.3 is 0 Å². The first-order chi connectivity index (χ1) is 11.1. The molecule has 0 bridgehead atoms. The van der Waals surface area contributed by atoms with Gasteiger partial charge in [0.15, 0.2) is 0 Å². The molecule has 0 radical (unpaired) electrons. The first kappa shape index (κ1) is 15.1. The van der Waals surface area contributed by atoms with Gasteiger partial charge in [0.05, 0.1) is 5.69 Å². The summed E-state index contributed by atoms with van der Waals surface area (Å²) >= 11 is 1.90. The molecule has 0 amide bonds. The van der Waals surface area contributed by atoms with Gasteiger partial charge < -0.3 is 9.80 Å². The Hall–Kier alpha value is -1.45. The minimum Gasteiger partial charge on any atom is -0.370 e. The second-order valence-electron chi connectivity index (χ2n) is 6.94. The first-order valence-electron chi connectivity index (χ1n) is 8.42. The number of anilines is 1. The lowest BCUT2D eigenvalue weighted by Crippen LogP contribution is -2.43. The smallest absolute Gasteiger partial charge is 0.0544 e. The van der Waals surface area contributed by atoms with E-state index in [4.69, 9.17) is 0 Å². The van der Waals surface area contributed by atoms with Gasteiger partial charge in [0.1, 0.15) is 0 Å². The number of aryl methyl sites for hydroxylation is 1. The normalized spacial score (nSPS) is 23.7. The van der Waals surface area contributed by atoms with Crippen molar-refractivity contribution in [2.45, 2.75) is 35.1 Å². The number of benzene rings is 2. The molecule has 2 aliphatic heterocycles. The summed E-state index contributed by atoms with van der Waals surface area (Å²) in [5, 5.41) is 0. The van der Waals surface area contributed by atoms with Gasteiger partial charge in [-0.05, 0) is 50.7 Å². The van der Waals surface area contributed by atoms with Crippen LogP contribution in [0, 0.1) is 6.92 Å². The number of nitrogens with zero attached hydrogens (tertiary/aromatic N) is 2. The van der Waals surface area contributed by atoms with Crippen molar-refractivity contribution >= 4 is 17.4 Å². The van der Waals surface area contributed by atoms with Crippen molar-refractivity contribution in [3.63, 3.8) is 0 Å². The zero-order valence-electron chi connectivity index (χ0n) is 14.1. The summed E-state index contributed by atoms with van der Waals surface area (Å²) < 4.78 is 0. The molecule has 0 unspecified atom stereocenters. The molecule has 0 aliphatic carbocycles. The highest BCUT2D eigenvalue weighted by atomic mass is 32.2. The molecular weight excluding hydrogens is 300 g/mol. The Morgan fingerprint density at radius 2 is 1.83 bits per heavy atom. The Labute approximate surface area is 143 Å². The summed E-state index contributed by atoms with van der Waals surface area (Å²) in [6, 6.07) is 16.4. The van der Waals surface area contributed by atoms with Gasteiger partial charge in [0.25, 0.3) is 0 Å². The van der Waals surface area contributed by atoms with E-state index in [1.807, 2.05) is 11.8 Å². The van der Waals surface area contributed by atoms with Gasteiger partial charge in [-0.2, -0.15) is 0 Å². The largest absolute Gasteiger partial charge is 0.370 e. The number of fused-ring (bicyclic) bond motifs is 3. The van der Waals surface area contributed by atoms with Gasteiger partial charge in [0, 0.05) is 35.3 Å². The minimum atomic E-state index is 0.660. The quantitative estimate of drug-likeness (QED) is 0.809. The molecule has 1 saturated heterocycles. The Bertz CT molecular complexity index is 710. The van der Waals surface area contributed by atoms with E-state index in [1.165, 1.54) is 40.6 Å². The van der Waals surface area contributed by atoms with Crippen LogP contribution in [0.25, 0.3) is 0 Å². The molecule has 23 heavy (non-hydrogen) atoms. The summed E-state index contributed by atoms with van der Waals surface area (Å²) in [5.41, 5.74) is 4.32. The molecule has 2 nitrogen and oxygen atoms in total. The highest BCUT2D eigenvalue weighted by Gasteiger charge is 2.40. The van der Waals surface area contributed by atoms with Crippen LogP contribution in [0.3, 0.4) is 0 Å². The number of para-hydroxylation sites is 1. The highest BCUT2D eigenvalue weighted by Crippen LogP contribution is 2.49. The zero-order valence-corrected chi connectivity index (χ0v) is 14.9. The van der Waals surface area contributed by atoms with Crippen LogP contribution in [0.2, 0.25) is 0 Å². The summed E-state index contributed by atoms with van der Waals surface area (Å²) in [6.45, 7) is 4.53. The van der Waals surface area contributed by atoms with Gasteiger partial charge in [-0.15, -0.1) is 0 Å². The second kappa shape index (κ2) is 5.88. The van der Waals surface area contributed by atoms with Crippen molar-refractivity contribution in [2.75, 3.05) is 32.1 Å². The number of hydrogen-bond acceptors (Lipinski definition) is 3. The molecule has 0 N–H and O–H groups in total. The van der Waals surface area contributed by atoms with Gasteiger partial charge in [-0.1, -0.05) is 41.6 Å². The van der Waals surface area contributed by atoms with E-state index in [-0.39, 0.29) is 0 Å². The Balaban J connectivity index is 1.70. The molecule has 1 fully saturated rings. The van der Waals surface area contributed by atoms with Gasteiger partial charge in [-0.25, -0.2) is 0 Å². The third-order valence-corrected chi connectivity index (χ3v) is 6.37. The first-order valence-corrected chi connectivity index (χ1v) is 9.24.